The molecule has 108 valence electrons. The lowest BCUT2D eigenvalue weighted by Crippen LogP contribution is -2.17. The maximum absolute atomic E-state index is 5.53. The molecule has 2 aromatic rings. The molecule has 0 bridgehead atoms. The zero-order valence-corrected chi connectivity index (χ0v) is 13.9. The molecule has 0 aliphatic heterocycles. The van der Waals surface area contributed by atoms with Crippen molar-refractivity contribution in [3.63, 3.8) is 0 Å². The van der Waals surface area contributed by atoms with Crippen LogP contribution in [0.15, 0.2) is 34.7 Å². The van der Waals surface area contributed by atoms with Crippen LogP contribution in [0.3, 0.4) is 0 Å². The summed E-state index contributed by atoms with van der Waals surface area (Å²) in [4.78, 5) is 0. The molecule has 1 heterocycles. The van der Waals surface area contributed by atoms with E-state index < -0.39 is 0 Å². The van der Waals surface area contributed by atoms with E-state index in [2.05, 4.69) is 34.8 Å². The molecule has 0 amide bonds. The van der Waals surface area contributed by atoms with Gasteiger partial charge < -0.3 is 19.2 Å². The highest BCUT2D eigenvalue weighted by Gasteiger charge is 2.10. The van der Waals surface area contributed by atoms with Gasteiger partial charge in [0, 0.05) is 6.04 Å². The van der Waals surface area contributed by atoms with E-state index in [0.29, 0.717) is 6.54 Å². The van der Waals surface area contributed by atoms with Crippen molar-refractivity contribution in [1.29, 1.82) is 0 Å². The zero-order valence-electron chi connectivity index (χ0n) is 11.8. The Bertz CT molecular complexity index is 568. The van der Waals surface area contributed by atoms with Crippen LogP contribution in [-0.4, -0.2) is 14.2 Å². The Balaban J connectivity index is 2.03. The third-order valence-corrected chi connectivity index (χ3v) is 3.70. The van der Waals surface area contributed by atoms with Crippen molar-refractivity contribution < 1.29 is 13.9 Å². The Morgan fingerprint density at radius 1 is 1.15 bits per heavy atom. The fraction of sp³-hybridized carbons (Fsp3) is 0.333. The number of furan rings is 1. The molecule has 0 saturated heterocycles. The Morgan fingerprint density at radius 2 is 1.90 bits per heavy atom. The highest BCUT2D eigenvalue weighted by atomic mass is 127. The lowest BCUT2D eigenvalue weighted by molar-refractivity contribution is 0.353. The molecule has 0 saturated carbocycles. The second kappa shape index (κ2) is 6.99. The van der Waals surface area contributed by atoms with Crippen LogP contribution in [0.4, 0.5) is 0 Å². The van der Waals surface area contributed by atoms with Gasteiger partial charge in [-0.3, -0.25) is 0 Å². The molecule has 1 N–H and O–H groups in total. The average molecular weight is 387 g/mol. The topological polar surface area (TPSA) is 43.6 Å². The van der Waals surface area contributed by atoms with E-state index in [0.717, 1.165) is 26.6 Å². The minimum Gasteiger partial charge on any atom is -0.493 e. The van der Waals surface area contributed by atoms with E-state index in [-0.39, 0.29) is 6.04 Å². The maximum Gasteiger partial charge on any atom is 0.164 e. The van der Waals surface area contributed by atoms with Crippen molar-refractivity contribution in [2.75, 3.05) is 14.2 Å². The summed E-state index contributed by atoms with van der Waals surface area (Å²) in [6.07, 6.45) is 0. The number of benzene rings is 1. The molecule has 20 heavy (non-hydrogen) atoms. The first-order chi connectivity index (χ1) is 9.63. The zero-order chi connectivity index (χ0) is 14.5. The highest BCUT2D eigenvalue weighted by Crippen LogP contribution is 2.29. The SMILES string of the molecule is COc1ccc(C(C)NCc2ccc(I)o2)cc1OC. The number of nitrogens with one attached hydrogen (secondary N) is 1. The smallest absolute Gasteiger partial charge is 0.164 e. The van der Waals surface area contributed by atoms with E-state index in [1.54, 1.807) is 14.2 Å². The normalized spacial score (nSPS) is 12.2. The van der Waals surface area contributed by atoms with Crippen LogP contribution < -0.4 is 14.8 Å². The molecule has 5 heteroatoms. The molecular weight excluding hydrogens is 369 g/mol. The molecule has 0 spiro atoms. The minimum atomic E-state index is 0.192. The molecule has 0 fully saturated rings. The summed E-state index contributed by atoms with van der Waals surface area (Å²) >= 11 is 2.16. The van der Waals surface area contributed by atoms with Crippen molar-refractivity contribution in [2.45, 2.75) is 19.5 Å². The molecule has 1 aromatic heterocycles. The quantitative estimate of drug-likeness (QED) is 0.767. The monoisotopic (exact) mass is 387 g/mol. The maximum atomic E-state index is 5.53. The molecule has 0 aliphatic carbocycles. The minimum absolute atomic E-state index is 0.192. The summed E-state index contributed by atoms with van der Waals surface area (Å²) in [6.45, 7) is 2.80. The van der Waals surface area contributed by atoms with Crippen LogP contribution in [0, 0.1) is 3.77 Å². The van der Waals surface area contributed by atoms with E-state index >= 15 is 0 Å². The van der Waals surface area contributed by atoms with Gasteiger partial charge in [-0.25, -0.2) is 0 Å². The predicted octanol–water partition coefficient (Wildman–Crippen LogP) is 3.75. The molecule has 4 nitrogen and oxygen atoms in total. The fourth-order valence-electron chi connectivity index (χ4n) is 1.94. The van der Waals surface area contributed by atoms with Crippen LogP contribution in [0.1, 0.15) is 24.3 Å². The fourth-order valence-corrected chi connectivity index (χ4v) is 2.40. The van der Waals surface area contributed by atoms with E-state index in [9.17, 15) is 0 Å². The van der Waals surface area contributed by atoms with Gasteiger partial charge in [0.15, 0.2) is 15.3 Å². The number of hydrogen-bond acceptors (Lipinski definition) is 4. The van der Waals surface area contributed by atoms with Crippen molar-refractivity contribution in [3.8, 4) is 11.5 Å². The Labute approximate surface area is 132 Å². The van der Waals surface area contributed by atoms with Crippen molar-refractivity contribution >= 4 is 22.6 Å². The van der Waals surface area contributed by atoms with Crippen molar-refractivity contribution in [1.82, 2.24) is 5.32 Å². The molecule has 0 radical (unpaired) electrons. The van der Waals surface area contributed by atoms with Crippen LogP contribution in [0.5, 0.6) is 11.5 Å². The molecule has 0 aliphatic rings. The summed E-state index contributed by atoms with van der Waals surface area (Å²) < 4.78 is 17.0. The number of hydrogen-bond donors (Lipinski definition) is 1. The Morgan fingerprint density at radius 3 is 2.50 bits per heavy atom. The number of ether oxygens (including phenoxy) is 2. The first-order valence-electron chi connectivity index (χ1n) is 6.33. The van der Waals surface area contributed by atoms with Crippen LogP contribution in [0.25, 0.3) is 0 Å². The van der Waals surface area contributed by atoms with Crippen LogP contribution in [-0.2, 0) is 6.54 Å². The van der Waals surface area contributed by atoms with Gasteiger partial charge in [-0.1, -0.05) is 6.07 Å². The summed E-state index contributed by atoms with van der Waals surface area (Å²) in [7, 11) is 3.28. The number of methoxy groups -OCH3 is 2. The third-order valence-electron chi connectivity index (χ3n) is 3.12. The van der Waals surface area contributed by atoms with Crippen molar-refractivity contribution in [3.05, 3.63) is 45.4 Å². The Hall–Kier alpha value is -1.21. The summed E-state index contributed by atoms with van der Waals surface area (Å²) in [5.74, 6) is 2.41. The number of halogens is 1. The van der Waals surface area contributed by atoms with E-state index in [1.807, 2.05) is 30.3 Å². The van der Waals surface area contributed by atoms with Gasteiger partial charge >= 0.3 is 0 Å². The van der Waals surface area contributed by atoms with Gasteiger partial charge in [-0.2, -0.15) is 0 Å². The largest absolute Gasteiger partial charge is 0.493 e. The molecule has 1 atom stereocenters. The lowest BCUT2D eigenvalue weighted by atomic mass is 10.1. The van der Waals surface area contributed by atoms with Gasteiger partial charge in [-0.05, 0) is 59.3 Å². The summed E-state index contributed by atoms with van der Waals surface area (Å²) in [5, 5.41) is 3.42. The second-order valence-corrected chi connectivity index (χ2v) is 5.49. The average Bonchev–Trinajstić information content (AvgIpc) is 2.89. The first kappa shape index (κ1) is 15.2. The van der Waals surface area contributed by atoms with Gasteiger partial charge in [0.1, 0.15) is 5.76 Å². The Kier molecular flexibility index (Phi) is 5.31. The van der Waals surface area contributed by atoms with Gasteiger partial charge in [-0.15, -0.1) is 0 Å². The molecule has 1 unspecified atom stereocenters. The van der Waals surface area contributed by atoms with Gasteiger partial charge in [0.05, 0.1) is 20.8 Å². The first-order valence-corrected chi connectivity index (χ1v) is 7.41. The lowest BCUT2D eigenvalue weighted by Gasteiger charge is -2.16. The molecule has 2 rings (SSSR count). The van der Waals surface area contributed by atoms with Crippen LogP contribution in [0.2, 0.25) is 0 Å². The predicted molar refractivity (Wildman–Crippen MR) is 86.2 cm³/mol. The summed E-state index contributed by atoms with van der Waals surface area (Å²) in [5.41, 5.74) is 1.14. The van der Waals surface area contributed by atoms with Crippen molar-refractivity contribution in [2.24, 2.45) is 0 Å². The van der Waals surface area contributed by atoms with Gasteiger partial charge in [0.25, 0.3) is 0 Å². The summed E-state index contributed by atoms with van der Waals surface area (Å²) in [6, 6.07) is 10.1. The third kappa shape index (κ3) is 3.67. The standard InChI is InChI=1S/C15H18INO3/c1-10(17-9-12-5-7-15(16)20-12)11-4-6-13(18-2)14(8-11)19-3/h4-8,10,17H,9H2,1-3H3. The molecule has 1 aromatic carbocycles. The highest BCUT2D eigenvalue weighted by molar-refractivity contribution is 14.1. The molecular formula is C15H18INO3. The second-order valence-electron chi connectivity index (χ2n) is 4.42. The van der Waals surface area contributed by atoms with Gasteiger partial charge in [0.2, 0.25) is 0 Å². The van der Waals surface area contributed by atoms with Crippen LogP contribution >= 0.6 is 22.6 Å². The van der Waals surface area contributed by atoms with E-state index in [1.165, 1.54) is 0 Å². The number of rotatable bonds is 6. The van der Waals surface area contributed by atoms with E-state index in [4.69, 9.17) is 13.9 Å².